The fourth-order valence-electron chi connectivity index (χ4n) is 3.37. The molecule has 2 aromatic carbocycles. The summed E-state index contributed by atoms with van der Waals surface area (Å²) in [7, 11) is 0. The molecule has 4 rings (SSSR count). The Balaban J connectivity index is 1.51. The Kier molecular flexibility index (Phi) is 5.05. The summed E-state index contributed by atoms with van der Waals surface area (Å²) in [5.41, 5.74) is -0.654. The van der Waals surface area contributed by atoms with Gasteiger partial charge in [-0.25, -0.2) is 0 Å². The Hall–Kier alpha value is -3.95. The van der Waals surface area contributed by atoms with Crippen molar-refractivity contribution in [1.29, 1.82) is 0 Å². The maximum absolute atomic E-state index is 13.4. The zero-order chi connectivity index (χ0) is 22.2. The Morgan fingerprint density at radius 3 is 2.13 bits per heavy atom. The number of H-pyrrole nitrogens is 1. The molecule has 10 heteroatoms. The van der Waals surface area contributed by atoms with E-state index in [1.54, 1.807) is 30.3 Å². The molecular formula is C21H15F3N4O3. The van der Waals surface area contributed by atoms with E-state index in [-0.39, 0.29) is 41.0 Å². The smallest absolute Gasteiger partial charge is 0.309 e. The van der Waals surface area contributed by atoms with Crippen LogP contribution in [-0.2, 0) is 11.0 Å². The fourth-order valence-corrected chi connectivity index (χ4v) is 3.37. The number of benzene rings is 2. The van der Waals surface area contributed by atoms with Gasteiger partial charge < -0.3 is 5.32 Å². The Labute approximate surface area is 173 Å². The van der Waals surface area contributed by atoms with Crippen molar-refractivity contribution in [2.45, 2.75) is 12.6 Å². The molecule has 1 aromatic heterocycles. The summed E-state index contributed by atoms with van der Waals surface area (Å²) in [6.45, 7) is -0.213. The number of aromatic amines is 1. The maximum Gasteiger partial charge on any atom is 0.433 e. The minimum absolute atomic E-state index is 0.213. The highest BCUT2D eigenvalue weighted by atomic mass is 19.4. The molecule has 0 bridgehead atoms. The molecule has 0 aliphatic carbocycles. The lowest BCUT2D eigenvalue weighted by Gasteiger charge is -2.13. The van der Waals surface area contributed by atoms with Gasteiger partial charge in [-0.3, -0.25) is 24.4 Å². The lowest BCUT2D eigenvalue weighted by molar-refractivity contribution is -0.140. The molecule has 1 aliphatic rings. The van der Waals surface area contributed by atoms with Gasteiger partial charge in [0.2, 0.25) is 5.91 Å². The topological polar surface area (TPSA) is 95.2 Å². The van der Waals surface area contributed by atoms with Gasteiger partial charge in [0, 0.05) is 13.0 Å². The Bertz CT molecular complexity index is 1140. The summed E-state index contributed by atoms with van der Waals surface area (Å²) in [5.74, 6) is -2.00. The molecule has 7 nitrogen and oxygen atoms in total. The third kappa shape index (κ3) is 3.79. The van der Waals surface area contributed by atoms with Gasteiger partial charge in [0.1, 0.15) is 5.69 Å². The fraction of sp³-hybridized carbons (Fsp3) is 0.143. The van der Waals surface area contributed by atoms with Crippen LogP contribution in [0.2, 0.25) is 0 Å². The van der Waals surface area contributed by atoms with Crippen molar-refractivity contribution in [3.63, 3.8) is 0 Å². The molecule has 0 saturated heterocycles. The molecule has 31 heavy (non-hydrogen) atoms. The Morgan fingerprint density at radius 2 is 1.55 bits per heavy atom. The molecule has 0 unspecified atom stereocenters. The summed E-state index contributed by atoms with van der Waals surface area (Å²) in [6, 6.07) is 14.0. The predicted molar refractivity (Wildman–Crippen MR) is 104 cm³/mol. The minimum atomic E-state index is -4.71. The minimum Gasteiger partial charge on any atom is -0.309 e. The van der Waals surface area contributed by atoms with Crippen LogP contribution in [0.15, 0.2) is 54.6 Å². The normalized spacial score (nSPS) is 13.5. The van der Waals surface area contributed by atoms with Crippen LogP contribution in [-0.4, -0.2) is 39.4 Å². The SMILES string of the molecule is O=C(CCN1C(=O)c2ccccc2C1=O)Nc1n[nH]c(C(F)(F)F)c1-c1ccccc1. The number of amides is 3. The standard InChI is InChI=1S/C21H15F3N4O3/c22-21(23,24)17-16(12-6-2-1-3-7-12)18(27-26-17)25-15(29)10-11-28-19(30)13-8-4-5-9-14(13)20(28)31/h1-9H,10-11H2,(H2,25,26,27,29). The summed E-state index contributed by atoms with van der Waals surface area (Å²) in [5, 5.41) is 7.90. The molecule has 2 heterocycles. The van der Waals surface area contributed by atoms with Crippen molar-refractivity contribution in [3.8, 4) is 11.1 Å². The molecule has 1 aliphatic heterocycles. The molecule has 0 radical (unpaired) electrons. The number of aromatic nitrogens is 2. The lowest BCUT2D eigenvalue weighted by atomic mass is 10.1. The number of hydrogen-bond donors (Lipinski definition) is 2. The number of nitrogens with one attached hydrogen (secondary N) is 2. The van der Waals surface area contributed by atoms with E-state index in [9.17, 15) is 27.6 Å². The number of nitrogens with zero attached hydrogens (tertiary/aromatic N) is 2. The van der Waals surface area contributed by atoms with Crippen molar-refractivity contribution < 1.29 is 27.6 Å². The van der Waals surface area contributed by atoms with Crippen LogP contribution in [0.3, 0.4) is 0 Å². The second-order valence-electron chi connectivity index (χ2n) is 6.79. The van der Waals surface area contributed by atoms with Crippen LogP contribution in [0.5, 0.6) is 0 Å². The monoisotopic (exact) mass is 428 g/mol. The molecule has 3 aromatic rings. The van der Waals surface area contributed by atoms with Gasteiger partial charge in [0.15, 0.2) is 5.82 Å². The van der Waals surface area contributed by atoms with Gasteiger partial charge in [-0.2, -0.15) is 18.3 Å². The third-order valence-electron chi connectivity index (χ3n) is 4.81. The first kappa shape index (κ1) is 20.3. The molecule has 0 saturated carbocycles. The highest BCUT2D eigenvalue weighted by molar-refractivity contribution is 6.21. The summed E-state index contributed by atoms with van der Waals surface area (Å²) in [6.07, 6.45) is -5.00. The van der Waals surface area contributed by atoms with E-state index in [4.69, 9.17) is 0 Å². The molecule has 0 spiro atoms. The van der Waals surface area contributed by atoms with E-state index in [1.165, 1.54) is 24.3 Å². The van der Waals surface area contributed by atoms with E-state index in [0.717, 1.165) is 4.90 Å². The average Bonchev–Trinajstić information content (AvgIpc) is 3.27. The van der Waals surface area contributed by atoms with Crippen molar-refractivity contribution in [2.24, 2.45) is 0 Å². The molecule has 158 valence electrons. The van der Waals surface area contributed by atoms with Crippen molar-refractivity contribution in [3.05, 3.63) is 71.4 Å². The largest absolute Gasteiger partial charge is 0.433 e. The molecular weight excluding hydrogens is 413 g/mol. The highest BCUT2D eigenvalue weighted by Crippen LogP contribution is 2.39. The third-order valence-corrected chi connectivity index (χ3v) is 4.81. The zero-order valence-corrected chi connectivity index (χ0v) is 15.9. The number of alkyl halides is 3. The molecule has 0 atom stereocenters. The van der Waals surface area contributed by atoms with E-state index in [2.05, 4.69) is 10.4 Å². The predicted octanol–water partition coefficient (Wildman–Crippen LogP) is 3.72. The number of anilines is 1. The average molecular weight is 428 g/mol. The quantitative estimate of drug-likeness (QED) is 0.606. The van der Waals surface area contributed by atoms with Gasteiger partial charge in [0.05, 0.1) is 16.7 Å². The van der Waals surface area contributed by atoms with Crippen LogP contribution in [0, 0.1) is 0 Å². The molecule has 3 amide bonds. The zero-order valence-electron chi connectivity index (χ0n) is 15.9. The number of rotatable bonds is 5. The number of imide groups is 1. The van der Waals surface area contributed by atoms with Crippen LogP contribution >= 0.6 is 0 Å². The highest BCUT2D eigenvalue weighted by Gasteiger charge is 2.38. The van der Waals surface area contributed by atoms with Crippen LogP contribution in [0.4, 0.5) is 19.0 Å². The summed E-state index contributed by atoms with van der Waals surface area (Å²) in [4.78, 5) is 38.1. The van der Waals surface area contributed by atoms with E-state index < -0.39 is 29.6 Å². The van der Waals surface area contributed by atoms with E-state index >= 15 is 0 Å². The Morgan fingerprint density at radius 1 is 0.968 bits per heavy atom. The van der Waals surface area contributed by atoms with Gasteiger partial charge in [-0.05, 0) is 17.7 Å². The molecule has 2 N–H and O–H groups in total. The first-order valence-electron chi connectivity index (χ1n) is 9.23. The van der Waals surface area contributed by atoms with Crippen molar-refractivity contribution >= 4 is 23.5 Å². The van der Waals surface area contributed by atoms with Crippen molar-refractivity contribution in [1.82, 2.24) is 15.1 Å². The maximum atomic E-state index is 13.4. The van der Waals surface area contributed by atoms with Crippen molar-refractivity contribution in [2.75, 3.05) is 11.9 Å². The lowest BCUT2D eigenvalue weighted by Crippen LogP contribution is -2.33. The number of hydrogen-bond acceptors (Lipinski definition) is 4. The number of carbonyl (C=O) groups excluding carboxylic acids is 3. The summed E-state index contributed by atoms with van der Waals surface area (Å²) < 4.78 is 40.2. The number of carbonyl (C=O) groups is 3. The number of fused-ring (bicyclic) bond motifs is 1. The second kappa shape index (κ2) is 7.71. The van der Waals surface area contributed by atoms with Gasteiger partial charge in [-0.15, -0.1) is 0 Å². The van der Waals surface area contributed by atoms with Gasteiger partial charge in [0.25, 0.3) is 11.8 Å². The summed E-state index contributed by atoms with van der Waals surface area (Å²) >= 11 is 0. The van der Waals surface area contributed by atoms with Crippen LogP contribution < -0.4 is 5.32 Å². The van der Waals surface area contributed by atoms with E-state index in [0.29, 0.717) is 0 Å². The van der Waals surface area contributed by atoms with E-state index in [1.807, 2.05) is 5.10 Å². The molecule has 0 fully saturated rings. The van der Waals surface area contributed by atoms with Crippen LogP contribution in [0.1, 0.15) is 32.8 Å². The first-order valence-corrected chi connectivity index (χ1v) is 9.23. The second-order valence-corrected chi connectivity index (χ2v) is 6.79. The number of halogens is 3. The van der Waals surface area contributed by atoms with Gasteiger partial charge in [-0.1, -0.05) is 42.5 Å². The van der Waals surface area contributed by atoms with Crippen LogP contribution in [0.25, 0.3) is 11.1 Å². The van der Waals surface area contributed by atoms with Gasteiger partial charge >= 0.3 is 6.18 Å². The first-order chi connectivity index (χ1) is 14.8.